The first-order valence-corrected chi connectivity index (χ1v) is 11.5. The van der Waals surface area contributed by atoms with Crippen LogP contribution in [0, 0.1) is 5.82 Å². The minimum absolute atomic E-state index is 0. The van der Waals surface area contributed by atoms with Crippen molar-refractivity contribution in [1.29, 1.82) is 0 Å². The van der Waals surface area contributed by atoms with Gasteiger partial charge in [0, 0.05) is 48.5 Å². The summed E-state index contributed by atoms with van der Waals surface area (Å²) in [6.07, 6.45) is 0.216. The van der Waals surface area contributed by atoms with Gasteiger partial charge in [0.2, 0.25) is 11.9 Å². The molecule has 4 N–H and O–H groups in total. The summed E-state index contributed by atoms with van der Waals surface area (Å²) in [6, 6.07) is 8.81. The highest BCUT2D eigenvalue weighted by Gasteiger charge is 2.26. The smallest absolute Gasteiger partial charge is 0.228 e. The molecule has 0 aliphatic carbocycles. The number of benzene rings is 2. The second-order valence-corrected chi connectivity index (χ2v) is 8.88. The molecular formula is C23H27BrClFN6O3. The van der Waals surface area contributed by atoms with E-state index in [0.29, 0.717) is 37.5 Å². The number of piperazine rings is 1. The highest BCUT2D eigenvalue weighted by Crippen LogP contribution is 2.37. The van der Waals surface area contributed by atoms with E-state index in [2.05, 4.69) is 25.9 Å². The fourth-order valence-corrected chi connectivity index (χ4v) is 4.24. The monoisotopic (exact) mass is 568 g/mol. The van der Waals surface area contributed by atoms with E-state index in [1.165, 1.54) is 14.2 Å². The van der Waals surface area contributed by atoms with Crippen molar-refractivity contribution in [2.45, 2.75) is 12.5 Å². The van der Waals surface area contributed by atoms with Crippen LogP contribution in [0.25, 0.3) is 10.9 Å². The van der Waals surface area contributed by atoms with Gasteiger partial charge in [-0.15, -0.1) is 12.4 Å². The quantitative estimate of drug-likeness (QED) is 0.464. The number of methoxy groups -OCH3 is 2. The van der Waals surface area contributed by atoms with Gasteiger partial charge in [-0.3, -0.25) is 4.79 Å². The summed E-state index contributed by atoms with van der Waals surface area (Å²) in [6.45, 7) is 1.92. The SMILES string of the molecule is COc1cc2c(N)nc(N3CCN(C(=O)CC(N)c4ccc(Br)cc4)CC3)nc2c(F)c1OC.Cl. The average Bonchev–Trinajstić information content (AvgIpc) is 2.84. The second-order valence-electron chi connectivity index (χ2n) is 7.96. The molecule has 1 amide bonds. The Balaban J connectivity index is 0.00000342. The lowest BCUT2D eigenvalue weighted by Gasteiger charge is -2.35. The van der Waals surface area contributed by atoms with Gasteiger partial charge in [0.15, 0.2) is 17.3 Å². The summed E-state index contributed by atoms with van der Waals surface area (Å²) in [5, 5.41) is 0.342. The number of aromatic nitrogens is 2. The maximum absolute atomic E-state index is 15.1. The predicted octanol–water partition coefficient (Wildman–Crippen LogP) is 3.29. The lowest BCUT2D eigenvalue weighted by Crippen LogP contribution is -2.49. The number of hydrogen-bond acceptors (Lipinski definition) is 8. The molecular weight excluding hydrogens is 543 g/mol. The summed E-state index contributed by atoms with van der Waals surface area (Å²) in [4.78, 5) is 25.2. The molecule has 2 heterocycles. The van der Waals surface area contributed by atoms with Crippen molar-refractivity contribution < 1.29 is 18.7 Å². The van der Waals surface area contributed by atoms with E-state index in [1.54, 1.807) is 11.0 Å². The third kappa shape index (κ3) is 5.52. The first-order chi connectivity index (χ1) is 16.3. The third-order valence-electron chi connectivity index (χ3n) is 5.90. The molecule has 0 spiro atoms. The topological polar surface area (TPSA) is 120 Å². The van der Waals surface area contributed by atoms with Crippen LogP contribution in [0.1, 0.15) is 18.0 Å². The van der Waals surface area contributed by atoms with Crippen LogP contribution in [0.2, 0.25) is 0 Å². The normalized spacial score (nSPS) is 14.4. The van der Waals surface area contributed by atoms with Crippen LogP contribution >= 0.6 is 28.3 Å². The largest absolute Gasteiger partial charge is 0.493 e. The zero-order valence-electron chi connectivity index (χ0n) is 19.3. The van der Waals surface area contributed by atoms with Crippen LogP contribution < -0.4 is 25.8 Å². The molecule has 1 saturated heterocycles. The number of rotatable bonds is 6. The molecule has 2 aromatic carbocycles. The fourth-order valence-electron chi connectivity index (χ4n) is 3.98. The van der Waals surface area contributed by atoms with Gasteiger partial charge < -0.3 is 30.7 Å². The van der Waals surface area contributed by atoms with Crippen molar-refractivity contribution >= 4 is 56.9 Å². The highest BCUT2D eigenvalue weighted by molar-refractivity contribution is 9.10. The summed E-state index contributed by atoms with van der Waals surface area (Å²) in [7, 11) is 2.78. The number of amides is 1. The second kappa shape index (κ2) is 11.2. The van der Waals surface area contributed by atoms with Gasteiger partial charge in [-0.05, 0) is 23.8 Å². The highest BCUT2D eigenvalue weighted by atomic mass is 79.9. The van der Waals surface area contributed by atoms with Gasteiger partial charge in [-0.1, -0.05) is 28.1 Å². The maximum Gasteiger partial charge on any atom is 0.228 e. The Bertz CT molecular complexity index is 1210. The van der Waals surface area contributed by atoms with E-state index in [4.69, 9.17) is 20.9 Å². The molecule has 35 heavy (non-hydrogen) atoms. The summed E-state index contributed by atoms with van der Waals surface area (Å²) in [5.74, 6) is -0.0750. The lowest BCUT2D eigenvalue weighted by atomic mass is 10.0. The van der Waals surface area contributed by atoms with Crippen molar-refractivity contribution in [1.82, 2.24) is 14.9 Å². The van der Waals surface area contributed by atoms with Crippen molar-refractivity contribution in [3.05, 3.63) is 46.2 Å². The zero-order valence-corrected chi connectivity index (χ0v) is 21.7. The Morgan fingerprint density at radius 3 is 2.40 bits per heavy atom. The molecule has 1 aliphatic heterocycles. The fraction of sp³-hybridized carbons (Fsp3) is 0.348. The molecule has 1 fully saturated rings. The van der Waals surface area contributed by atoms with Crippen LogP contribution in [0.4, 0.5) is 16.2 Å². The molecule has 9 nitrogen and oxygen atoms in total. The van der Waals surface area contributed by atoms with Gasteiger partial charge in [-0.2, -0.15) is 4.98 Å². The Hall–Kier alpha value is -2.89. The third-order valence-corrected chi connectivity index (χ3v) is 6.43. The number of fused-ring (bicyclic) bond motifs is 1. The van der Waals surface area contributed by atoms with E-state index >= 15 is 4.39 Å². The number of carbonyl (C=O) groups excluding carboxylic acids is 1. The first kappa shape index (κ1) is 26.7. The van der Waals surface area contributed by atoms with Crippen molar-refractivity contribution in [2.24, 2.45) is 5.73 Å². The average molecular weight is 570 g/mol. The minimum atomic E-state index is -0.664. The minimum Gasteiger partial charge on any atom is -0.493 e. The van der Waals surface area contributed by atoms with Crippen LogP contribution in [-0.2, 0) is 4.79 Å². The number of nitrogen functional groups attached to an aromatic ring is 1. The Morgan fingerprint density at radius 2 is 1.80 bits per heavy atom. The number of halogens is 3. The molecule has 0 saturated carbocycles. The number of nitrogens with two attached hydrogens (primary N) is 2. The van der Waals surface area contributed by atoms with E-state index in [0.717, 1.165) is 10.0 Å². The Morgan fingerprint density at radius 1 is 1.14 bits per heavy atom. The van der Waals surface area contributed by atoms with Gasteiger partial charge in [0.05, 0.1) is 14.2 Å². The number of nitrogens with zero attached hydrogens (tertiary/aromatic N) is 4. The number of hydrogen-bond donors (Lipinski definition) is 2. The molecule has 4 rings (SSSR count). The van der Waals surface area contributed by atoms with Gasteiger partial charge in [-0.25, -0.2) is 9.37 Å². The van der Waals surface area contributed by atoms with Crippen LogP contribution in [0.15, 0.2) is 34.8 Å². The molecule has 188 valence electrons. The van der Waals surface area contributed by atoms with Gasteiger partial charge in [0.25, 0.3) is 0 Å². The van der Waals surface area contributed by atoms with Crippen LogP contribution in [-0.4, -0.2) is 61.2 Å². The number of ether oxygens (including phenoxy) is 2. The van der Waals surface area contributed by atoms with E-state index < -0.39 is 5.82 Å². The Labute approximate surface area is 217 Å². The van der Waals surface area contributed by atoms with Gasteiger partial charge in [0.1, 0.15) is 11.3 Å². The van der Waals surface area contributed by atoms with Crippen LogP contribution in [0.3, 0.4) is 0 Å². The zero-order chi connectivity index (χ0) is 24.4. The van der Waals surface area contributed by atoms with E-state index in [9.17, 15) is 4.79 Å². The summed E-state index contributed by atoms with van der Waals surface area (Å²) >= 11 is 3.40. The predicted molar refractivity (Wildman–Crippen MR) is 139 cm³/mol. The van der Waals surface area contributed by atoms with Crippen molar-refractivity contribution in [3.63, 3.8) is 0 Å². The number of anilines is 2. The first-order valence-electron chi connectivity index (χ1n) is 10.7. The molecule has 1 unspecified atom stereocenters. The molecule has 1 aliphatic rings. The van der Waals surface area contributed by atoms with Crippen molar-refractivity contribution in [2.75, 3.05) is 51.0 Å². The Kier molecular flexibility index (Phi) is 8.57. The van der Waals surface area contributed by atoms with E-state index in [1.807, 2.05) is 29.2 Å². The molecule has 3 aromatic rings. The molecule has 0 bridgehead atoms. The van der Waals surface area contributed by atoms with Crippen LogP contribution in [0.5, 0.6) is 11.5 Å². The summed E-state index contributed by atoms with van der Waals surface area (Å²) < 4.78 is 26.3. The van der Waals surface area contributed by atoms with E-state index in [-0.39, 0.29) is 53.6 Å². The lowest BCUT2D eigenvalue weighted by molar-refractivity contribution is -0.131. The standard InChI is InChI=1S/C23H26BrFN6O3.ClH/c1-33-17-11-15-20(19(25)21(17)34-2)28-23(29-22(15)27)31-9-7-30(8-10-31)18(32)12-16(26)13-3-5-14(24)6-4-13;/h3-6,11,16H,7-10,12,26H2,1-2H3,(H2,27,28,29);1H. The summed E-state index contributed by atoms with van der Waals surface area (Å²) in [5.41, 5.74) is 13.3. The molecule has 12 heteroatoms. The maximum atomic E-state index is 15.1. The molecule has 0 radical (unpaired) electrons. The van der Waals surface area contributed by atoms with Crippen molar-refractivity contribution in [3.8, 4) is 11.5 Å². The molecule has 1 atom stereocenters. The van der Waals surface area contributed by atoms with Gasteiger partial charge >= 0.3 is 0 Å². The molecule has 1 aromatic heterocycles. The number of carbonyl (C=O) groups is 1.